The fourth-order valence-corrected chi connectivity index (χ4v) is 5.98. The summed E-state index contributed by atoms with van der Waals surface area (Å²) in [5.41, 5.74) is 2.74. The lowest BCUT2D eigenvalue weighted by Gasteiger charge is -2.40. The van der Waals surface area contributed by atoms with E-state index >= 15 is 0 Å². The number of aromatic nitrogens is 2. The van der Waals surface area contributed by atoms with Gasteiger partial charge in [0.05, 0.1) is 25.9 Å². The Balaban J connectivity index is 1.24. The summed E-state index contributed by atoms with van der Waals surface area (Å²) in [6, 6.07) is 32.4. The average Bonchev–Trinajstić information content (AvgIpc) is 3.77. The van der Waals surface area contributed by atoms with Gasteiger partial charge < -0.3 is 28.7 Å². The van der Waals surface area contributed by atoms with Gasteiger partial charge in [0.1, 0.15) is 11.5 Å². The van der Waals surface area contributed by atoms with Gasteiger partial charge in [-0.05, 0) is 60.2 Å². The van der Waals surface area contributed by atoms with E-state index in [0.29, 0.717) is 48.5 Å². The molecule has 10 heteroatoms. The standard InChI is InChI=1S/C38H34N4O6/c1-45-29-18-14-27(15-19-29)35-39-33(41-48-35)25-42-32-13-6-5-12-31(32)34-38(37(42)44,22-7-11-26-9-3-2-4-10-26)40-36(47-34)28-16-20-30(21-17-28)46-24-8-23-43/h2-7,9-21,34,43H,8,22-25H2,1H3/b11-7+/t34-,38-/m1/s1. The Hall–Kier alpha value is -5.74. The largest absolute Gasteiger partial charge is 0.497 e. The number of benzene rings is 4. The number of aliphatic hydroxyl groups excluding tert-OH is 1. The van der Waals surface area contributed by atoms with Crippen LogP contribution in [0.3, 0.4) is 0 Å². The minimum Gasteiger partial charge on any atom is -0.497 e. The van der Waals surface area contributed by atoms with E-state index in [0.717, 1.165) is 28.0 Å². The number of carbonyl (C=O) groups excluding carboxylic acids is 1. The number of hydrogen-bond donors (Lipinski definition) is 1. The van der Waals surface area contributed by atoms with Crippen molar-refractivity contribution in [2.75, 3.05) is 25.2 Å². The van der Waals surface area contributed by atoms with Gasteiger partial charge in [-0.3, -0.25) is 4.79 Å². The van der Waals surface area contributed by atoms with Crippen LogP contribution in [0.5, 0.6) is 11.5 Å². The molecule has 3 heterocycles. The number of fused-ring (bicyclic) bond motifs is 3. The van der Waals surface area contributed by atoms with E-state index < -0.39 is 11.6 Å². The molecule has 2 aliphatic rings. The molecule has 0 spiro atoms. The summed E-state index contributed by atoms with van der Waals surface area (Å²) >= 11 is 0. The lowest BCUT2D eigenvalue weighted by atomic mass is 9.79. The van der Waals surface area contributed by atoms with Crippen molar-refractivity contribution in [2.45, 2.75) is 31.0 Å². The van der Waals surface area contributed by atoms with Crippen molar-refractivity contribution in [3.8, 4) is 23.0 Å². The normalized spacial score (nSPS) is 18.3. The van der Waals surface area contributed by atoms with Crippen molar-refractivity contribution in [3.05, 3.63) is 132 Å². The smallest absolute Gasteiger partial charge is 0.260 e. The molecule has 1 aromatic heterocycles. The van der Waals surface area contributed by atoms with E-state index in [1.807, 2.05) is 115 Å². The van der Waals surface area contributed by atoms with Crippen LogP contribution < -0.4 is 14.4 Å². The first-order valence-electron chi connectivity index (χ1n) is 15.8. The maximum atomic E-state index is 14.8. The first kappa shape index (κ1) is 30.9. The van der Waals surface area contributed by atoms with E-state index in [1.54, 1.807) is 12.0 Å². The van der Waals surface area contributed by atoms with Gasteiger partial charge in [-0.2, -0.15) is 4.98 Å². The summed E-state index contributed by atoms with van der Waals surface area (Å²) in [7, 11) is 1.61. The maximum absolute atomic E-state index is 14.8. The summed E-state index contributed by atoms with van der Waals surface area (Å²) in [4.78, 5) is 26.2. The summed E-state index contributed by atoms with van der Waals surface area (Å²) in [6.45, 7) is 0.556. The first-order valence-corrected chi connectivity index (χ1v) is 15.8. The monoisotopic (exact) mass is 642 g/mol. The van der Waals surface area contributed by atoms with Gasteiger partial charge in [-0.15, -0.1) is 0 Å². The molecule has 1 N–H and O–H groups in total. The number of ether oxygens (including phenoxy) is 3. The maximum Gasteiger partial charge on any atom is 0.260 e. The number of aliphatic imine (C=N–C) groups is 1. The molecule has 0 fully saturated rings. The number of anilines is 1. The quantitative estimate of drug-likeness (QED) is 0.155. The Labute approximate surface area is 277 Å². The Morgan fingerprint density at radius 1 is 0.917 bits per heavy atom. The van der Waals surface area contributed by atoms with Crippen LogP contribution in [0.25, 0.3) is 17.5 Å². The van der Waals surface area contributed by atoms with Crippen LogP contribution in [-0.4, -0.2) is 52.9 Å². The molecule has 1 amide bonds. The topological polar surface area (TPSA) is 120 Å². The Kier molecular flexibility index (Phi) is 8.72. The van der Waals surface area contributed by atoms with E-state index in [-0.39, 0.29) is 19.1 Å². The van der Waals surface area contributed by atoms with Crippen molar-refractivity contribution < 1.29 is 28.6 Å². The number of methoxy groups -OCH3 is 1. The highest BCUT2D eigenvalue weighted by molar-refractivity contribution is 6.09. The number of amides is 1. The van der Waals surface area contributed by atoms with Crippen LogP contribution >= 0.6 is 0 Å². The third-order valence-electron chi connectivity index (χ3n) is 8.41. The number of hydrogen-bond acceptors (Lipinski definition) is 9. The molecule has 0 radical (unpaired) electrons. The van der Waals surface area contributed by atoms with Crippen LogP contribution in [0.15, 0.2) is 119 Å². The number of rotatable bonds is 12. The highest BCUT2D eigenvalue weighted by atomic mass is 16.5. The SMILES string of the molecule is COc1ccc(-c2nc(CN3C(=O)[C@]4(C/C=C/c5ccccc5)N=C(c5ccc(OCCCO)cc5)O[C@@H]4c4ccccc43)no2)cc1. The molecule has 0 aliphatic carbocycles. The summed E-state index contributed by atoms with van der Waals surface area (Å²) in [6.07, 6.45) is 4.16. The third-order valence-corrected chi connectivity index (χ3v) is 8.41. The summed E-state index contributed by atoms with van der Waals surface area (Å²) < 4.78 is 23.2. The van der Waals surface area contributed by atoms with Crippen LogP contribution in [0, 0.1) is 0 Å². The highest BCUT2D eigenvalue weighted by Gasteiger charge is 2.58. The van der Waals surface area contributed by atoms with Crippen molar-refractivity contribution in [1.29, 1.82) is 0 Å². The predicted molar refractivity (Wildman–Crippen MR) is 181 cm³/mol. The van der Waals surface area contributed by atoms with Gasteiger partial charge in [0.25, 0.3) is 11.8 Å². The molecular weight excluding hydrogens is 608 g/mol. The van der Waals surface area contributed by atoms with Gasteiger partial charge in [-0.25, -0.2) is 4.99 Å². The Bertz CT molecular complexity index is 1940. The Morgan fingerprint density at radius 2 is 1.65 bits per heavy atom. The number of nitrogens with zero attached hydrogens (tertiary/aromatic N) is 4. The summed E-state index contributed by atoms with van der Waals surface area (Å²) in [5.74, 6) is 2.25. The van der Waals surface area contributed by atoms with Crippen LogP contribution in [0.4, 0.5) is 5.69 Å². The van der Waals surface area contributed by atoms with Crippen molar-refractivity contribution in [1.82, 2.24) is 10.1 Å². The van der Waals surface area contributed by atoms with Crippen LogP contribution in [0.1, 0.15) is 41.5 Å². The molecule has 0 unspecified atom stereocenters. The molecular formula is C38H34N4O6. The van der Waals surface area contributed by atoms with Crippen molar-refractivity contribution in [3.63, 3.8) is 0 Å². The average molecular weight is 643 g/mol. The van der Waals surface area contributed by atoms with Gasteiger partial charge in [0.2, 0.25) is 5.90 Å². The molecule has 48 heavy (non-hydrogen) atoms. The fourth-order valence-electron chi connectivity index (χ4n) is 5.98. The van der Waals surface area contributed by atoms with E-state index in [4.69, 9.17) is 28.8 Å². The molecule has 0 bridgehead atoms. The predicted octanol–water partition coefficient (Wildman–Crippen LogP) is 6.41. The van der Waals surface area contributed by atoms with Gasteiger partial charge in [0.15, 0.2) is 17.5 Å². The second-order valence-electron chi connectivity index (χ2n) is 11.5. The van der Waals surface area contributed by atoms with Crippen molar-refractivity contribution >= 4 is 23.6 Å². The molecule has 2 atom stereocenters. The number of carbonyl (C=O) groups is 1. The zero-order valence-corrected chi connectivity index (χ0v) is 26.4. The van der Waals surface area contributed by atoms with E-state index in [1.165, 1.54) is 0 Å². The zero-order chi connectivity index (χ0) is 32.9. The van der Waals surface area contributed by atoms with Gasteiger partial charge in [-0.1, -0.05) is 65.8 Å². The molecule has 0 saturated heterocycles. The molecule has 5 aromatic rings. The molecule has 0 saturated carbocycles. The molecule has 7 rings (SSSR count). The van der Waals surface area contributed by atoms with Crippen LogP contribution in [-0.2, 0) is 16.1 Å². The minimum atomic E-state index is -1.28. The minimum absolute atomic E-state index is 0.0635. The number of para-hydroxylation sites is 1. The lowest BCUT2D eigenvalue weighted by Crippen LogP contribution is -2.53. The van der Waals surface area contributed by atoms with Gasteiger partial charge >= 0.3 is 0 Å². The third kappa shape index (κ3) is 6.05. The molecule has 2 aliphatic heterocycles. The highest BCUT2D eigenvalue weighted by Crippen LogP contribution is 2.50. The summed E-state index contributed by atoms with van der Waals surface area (Å²) in [5, 5.41) is 13.3. The number of aliphatic hydroxyl groups is 1. The van der Waals surface area contributed by atoms with Gasteiger partial charge in [0, 0.05) is 36.1 Å². The van der Waals surface area contributed by atoms with E-state index in [9.17, 15) is 4.79 Å². The first-order chi connectivity index (χ1) is 23.6. The van der Waals surface area contributed by atoms with E-state index in [2.05, 4.69) is 10.1 Å². The van der Waals surface area contributed by atoms with Crippen LogP contribution in [0.2, 0.25) is 0 Å². The second-order valence-corrected chi connectivity index (χ2v) is 11.5. The molecule has 242 valence electrons. The Morgan fingerprint density at radius 3 is 2.42 bits per heavy atom. The second kappa shape index (κ2) is 13.5. The zero-order valence-electron chi connectivity index (χ0n) is 26.4. The van der Waals surface area contributed by atoms with Crippen molar-refractivity contribution in [2.24, 2.45) is 4.99 Å². The fraction of sp³-hybridized carbons (Fsp3) is 0.211. The lowest BCUT2D eigenvalue weighted by molar-refractivity contribution is -0.127. The molecule has 4 aromatic carbocycles. The molecule has 10 nitrogen and oxygen atoms in total.